The third-order valence-electron chi connectivity index (χ3n) is 2.20. The molecule has 0 saturated heterocycles. The molecule has 5 heteroatoms. The molecule has 0 spiro atoms. The minimum Gasteiger partial charge on any atom is -0.381 e. The Hall–Kier alpha value is -2.17. The van der Waals surface area contributed by atoms with Crippen molar-refractivity contribution in [3.8, 4) is 0 Å². The summed E-state index contributed by atoms with van der Waals surface area (Å²) < 4.78 is 0. The van der Waals surface area contributed by atoms with Crippen LogP contribution in [0.15, 0.2) is 24.5 Å². The maximum Gasteiger partial charge on any atom is 0.173 e. The number of rotatable bonds is 2. The number of aromatic nitrogens is 3. The van der Waals surface area contributed by atoms with E-state index in [4.69, 9.17) is 5.73 Å². The fraction of sp³-hybridized carbons (Fsp3) is 0.182. The van der Waals surface area contributed by atoms with Crippen molar-refractivity contribution in [3.05, 3.63) is 35.9 Å². The first-order chi connectivity index (χ1) is 7.66. The monoisotopic (exact) mass is 215 g/mol. The quantitative estimate of drug-likeness (QED) is 0.799. The van der Waals surface area contributed by atoms with Crippen LogP contribution in [0, 0.1) is 13.8 Å². The second-order valence-corrected chi connectivity index (χ2v) is 3.50. The lowest BCUT2D eigenvalue weighted by Gasteiger charge is -2.09. The van der Waals surface area contributed by atoms with Gasteiger partial charge in [-0.2, -0.15) is 0 Å². The minimum atomic E-state index is 0.377. The predicted octanol–water partition coefficient (Wildman–Crippen LogP) is 1.81. The number of nitrogens with two attached hydrogens (primary N) is 1. The predicted molar refractivity (Wildman–Crippen MR) is 63.4 cm³/mol. The van der Waals surface area contributed by atoms with Crippen molar-refractivity contribution in [3.63, 3.8) is 0 Å². The minimum absolute atomic E-state index is 0.377. The third-order valence-corrected chi connectivity index (χ3v) is 2.20. The highest BCUT2D eigenvalue weighted by Crippen LogP contribution is 2.20. The lowest BCUT2D eigenvalue weighted by atomic mass is 10.3. The number of pyridine rings is 1. The molecule has 2 aromatic rings. The van der Waals surface area contributed by atoms with Gasteiger partial charge in [0.2, 0.25) is 0 Å². The van der Waals surface area contributed by atoms with Crippen LogP contribution in [0.5, 0.6) is 0 Å². The van der Waals surface area contributed by atoms with E-state index in [1.807, 2.05) is 26.0 Å². The zero-order valence-corrected chi connectivity index (χ0v) is 9.23. The van der Waals surface area contributed by atoms with Gasteiger partial charge in [-0.15, -0.1) is 0 Å². The lowest BCUT2D eigenvalue weighted by Crippen LogP contribution is -2.02. The summed E-state index contributed by atoms with van der Waals surface area (Å²) in [6.07, 6.45) is 3.15. The average molecular weight is 215 g/mol. The Morgan fingerprint density at radius 1 is 1.12 bits per heavy atom. The maximum atomic E-state index is 5.69. The largest absolute Gasteiger partial charge is 0.381 e. The fourth-order valence-electron chi connectivity index (χ4n) is 1.39. The lowest BCUT2D eigenvalue weighted by molar-refractivity contribution is 1.12. The van der Waals surface area contributed by atoms with Crippen LogP contribution in [-0.4, -0.2) is 15.0 Å². The molecule has 2 aromatic heterocycles. The van der Waals surface area contributed by atoms with E-state index >= 15 is 0 Å². The zero-order valence-electron chi connectivity index (χ0n) is 9.23. The van der Waals surface area contributed by atoms with Crippen LogP contribution in [0.2, 0.25) is 0 Å². The van der Waals surface area contributed by atoms with Crippen LogP contribution >= 0.6 is 0 Å². The first-order valence-corrected chi connectivity index (χ1v) is 4.94. The van der Waals surface area contributed by atoms with Crippen molar-refractivity contribution >= 4 is 17.3 Å². The van der Waals surface area contributed by atoms with Crippen molar-refractivity contribution in [2.45, 2.75) is 13.8 Å². The summed E-state index contributed by atoms with van der Waals surface area (Å²) in [6.45, 7) is 3.88. The second kappa shape index (κ2) is 4.14. The Bertz CT molecular complexity index is 509. The summed E-state index contributed by atoms with van der Waals surface area (Å²) in [5.74, 6) is 0.929. The number of nitrogens with zero attached hydrogens (tertiary/aromatic N) is 3. The van der Waals surface area contributed by atoms with Crippen molar-refractivity contribution in [1.82, 2.24) is 15.0 Å². The van der Waals surface area contributed by atoms with Gasteiger partial charge < -0.3 is 11.1 Å². The van der Waals surface area contributed by atoms with Crippen LogP contribution in [-0.2, 0) is 0 Å². The normalized spacial score (nSPS) is 10.1. The maximum absolute atomic E-state index is 5.69. The molecule has 0 saturated carbocycles. The molecular formula is C11H13N5. The number of anilines is 3. The van der Waals surface area contributed by atoms with Gasteiger partial charge >= 0.3 is 0 Å². The standard InChI is InChI=1S/C11H13N5/c1-7-3-4-9(8(2)15-7)16-11-10(12)13-5-6-14-11/h3-6H,1-2H3,(H2,12,13)(H,14,16). The molecule has 5 nitrogen and oxygen atoms in total. The van der Waals surface area contributed by atoms with Gasteiger partial charge in [0.25, 0.3) is 0 Å². The fourth-order valence-corrected chi connectivity index (χ4v) is 1.39. The van der Waals surface area contributed by atoms with Crippen molar-refractivity contribution in [1.29, 1.82) is 0 Å². The van der Waals surface area contributed by atoms with E-state index in [1.54, 1.807) is 12.4 Å². The number of hydrogen-bond donors (Lipinski definition) is 2. The molecule has 0 aliphatic rings. The molecule has 82 valence electrons. The number of nitrogens with one attached hydrogen (secondary N) is 1. The van der Waals surface area contributed by atoms with Gasteiger partial charge in [0.05, 0.1) is 11.4 Å². The summed E-state index contributed by atoms with van der Waals surface area (Å²) in [5.41, 5.74) is 8.47. The van der Waals surface area contributed by atoms with Gasteiger partial charge in [-0.1, -0.05) is 0 Å². The molecule has 0 aromatic carbocycles. The Balaban J connectivity index is 2.31. The molecule has 0 aliphatic carbocycles. The summed E-state index contributed by atoms with van der Waals surface area (Å²) in [6, 6.07) is 3.88. The number of hydrogen-bond acceptors (Lipinski definition) is 5. The molecule has 0 aliphatic heterocycles. The van der Waals surface area contributed by atoms with Crippen molar-refractivity contribution in [2.24, 2.45) is 0 Å². The zero-order chi connectivity index (χ0) is 11.5. The molecule has 0 radical (unpaired) electrons. The molecule has 3 N–H and O–H groups in total. The Labute approximate surface area is 93.8 Å². The van der Waals surface area contributed by atoms with E-state index in [1.165, 1.54) is 0 Å². The third kappa shape index (κ3) is 2.08. The Morgan fingerprint density at radius 2 is 1.88 bits per heavy atom. The molecular weight excluding hydrogens is 202 g/mol. The smallest absolute Gasteiger partial charge is 0.173 e. The van der Waals surface area contributed by atoms with Crippen molar-refractivity contribution in [2.75, 3.05) is 11.1 Å². The highest BCUT2D eigenvalue weighted by atomic mass is 15.1. The van der Waals surface area contributed by atoms with Gasteiger partial charge in [-0.05, 0) is 26.0 Å². The van der Waals surface area contributed by atoms with Gasteiger partial charge in [0, 0.05) is 18.1 Å². The van der Waals surface area contributed by atoms with Gasteiger partial charge in [0.15, 0.2) is 11.6 Å². The highest BCUT2D eigenvalue weighted by molar-refractivity contribution is 5.66. The molecule has 2 rings (SSSR count). The summed E-state index contributed by atoms with van der Waals surface area (Å²) in [7, 11) is 0. The van der Waals surface area contributed by atoms with E-state index in [0.29, 0.717) is 11.6 Å². The summed E-state index contributed by atoms with van der Waals surface area (Å²) in [4.78, 5) is 12.4. The molecule has 0 fully saturated rings. The Kier molecular flexibility index (Phi) is 2.68. The SMILES string of the molecule is Cc1ccc(Nc2nccnc2N)c(C)n1. The van der Waals surface area contributed by atoms with Crippen LogP contribution in [0.3, 0.4) is 0 Å². The second-order valence-electron chi connectivity index (χ2n) is 3.50. The van der Waals surface area contributed by atoms with Gasteiger partial charge in [0.1, 0.15) is 0 Å². The first-order valence-electron chi connectivity index (χ1n) is 4.94. The van der Waals surface area contributed by atoms with E-state index in [0.717, 1.165) is 17.1 Å². The molecule has 16 heavy (non-hydrogen) atoms. The molecule has 0 unspecified atom stereocenters. The van der Waals surface area contributed by atoms with E-state index < -0.39 is 0 Å². The van der Waals surface area contributed by atoms with Crippen LogP contribution in [0.4, 0.5) is 17.3 Å². The van der Waals surface area contributed by atoms with Crippen molar-refractivity contribution < 1.29 is 0 Å². The van der Waals surface area contributed by atoms with Crippen LogP contribution in [0.1, 0.15) is 11.4 Å². The van der Waals surface area contributed by atoms with Crippen LogP contribution in [0.25, 0.3) is 0 Å². The first kappa shape index (κ1) is 10.4. The van der Waals surface area contributed by atoms with Crippen LogP contribution < -0.4 is 11.1 Å². The molecule has 0 amide bonds. The van der Waals surface area contributed by atoms with Gasteiger partial charge in [-0.25, -0.2) is 9.97 Å². The summed E-state index contributed by atoms with van der Waals surface area (Å²) >= 11 is 0. The average Bonchev–Trinajstić information content (AvgIpc) is 2.25. The molecule has 0 bridgehead atoms. The van der Waals surface area contributed by atoms with E-state index in [-0.39, 0.29) is 0 Å². The Morgan fingerprint density at radius 3 is 2.56 bits per heavy atom. The van der Waals surface area contributed by atoms with E-state index in [9.17, 15) is 0 Å². The van der Waals surface area contributed by atoms with E-state index in [2.05, 4.69) is 20.3 Å². The number of nitrogen functional groups attached to an aromatic ring is 1. The highest BCUT2D eigenvalue weighted by Gasteiger charge is 2.04. The van der Waals surface area contributed by atoms with Gasteiger partial charge in [-0.3, -0.25) is 4.98 Å². The molecule has 0 atom stereocenters. The summed E-state index contributed by atoms with van der Waals surface area (Å²) in [5, 5.41) is 3.11. The number of aryl methyl sites for hydroxylation is 2. The molecule has 2 heterocycles. The topological polar surface area (TPSA) is 76.7 Å².